The number of nitrogens with zero attached hydrogens (tertiary/aromatic N) is 3. The van der Waals surface area contributed by atoms with Crippen LogP contribution in [0, 0.1) is 11.8 Å². The van der Waals surface area contributed by atoms with Crippen molar-refractivity contribution in [2.24, 2.45) is 29.0 Å². The molecule has 382 valence electrons. The summed E-state index contributed by atoms with van der Waals surface area (Å²) < 4.78 is 0. The number of hydrogen-bond acceptors (Lipinski definition) is 14. The first kappa shape index (κ1) is 56.6. The molecule has 3 heterocycles. The van der Waals surface area contributed by atoms with Gasteiger partial charge in [0.15, 0.2) is 0 Å². The molecule has 3 rings (SSSR count). The maximum atomic E-state index is 14.1. The van der Waals surface area contributed by atoms with Crippen LogP contribution in [0.4, 0.5) is 0 Å². The van der Waals surface area contributed by atoms with Crippen molar-refractivity contribution in [3.05, 3.63) is 18.2 Å². The minimum Gasteiger partial charge on any atom is -0.480 e. The molecule has 15 N–H and O–H groups in total. The number of aromatic amines is 1. The maximum absolute atomic E-state index is 14.1. The number of carboxylic acid groups (broad SMARTS) is 1. The summed E-state index contributed by atoms with van der Waals surface area (Å²) in [6.07, 6.45) is 6.71. The molecule has 2 aliphatic heterocycles. The van der Waals surface area contributed by atoms with Crippen LogP contribution in [0.3, 0.4) is 0 Å². The van der Waals surface area contributed by atoms with Crippen LogP contribution in [0.2, 0.25) is 0 Å². The van der Waals surface area contributed by atoms with Crippen molar-refractivity contribution in [2.45, 2.75) is 153 Å². The van der Waals surface area contributed by atoms with Gasteiger partial charge in [-0.15, -0.1) is 0 Å². The zero-order chi connectivity index (χ0) is 50.5. The number of aliphatic hydroxyl groups is 1. The summed E-state index contributed by atoms with van der Waals surface area (Å²) >= 11 is 0. The Hall–Kier alpha value is -5.72. The Morgan fingerprint density at radius 3 is 1.76 bits per heavy atom. The summed E-state index contributed by atoms with van der Waals surface area (Å²) in [6.45, 7) is 6.73. The van der Waals surface area contributed by atoms with E-state index >= 15 is 0 Å². The molecule has 0 spiro atoms. The molecule has 2 saturated heterocycles. The summed E-state index contributed by atoms with van der Waals surface area (Å²) in [5.41, 5.74) is 18.0. The summed E-state index contributed by atoms with van der Waals surface area (Å²) in [6, 6.07) is -9.07. The Kier molecular flexibility index (Phi) is 23.8. The topological polar surface area (TPSA) is 379 Å². The number of aliphatic hydroxyl groups excluding tert-OH is 1. The fourth-order valence-corrected chi connectivity index (χ4v) is 8.11. The standard InChI is InChI=1S/C44H75N13O11/c1-25(2)19-31(44(67)68)54-39(62)32(23-58)55-38(61)29(12-6-8-16-46)52-40(63)33-13-9-17-56(33)35(59)22-49-37(60)28(11-5-7-15-45)51-41(64)34-14-10-18-57(34)43(66)30(20-27-21-48-24-50-27)53-42(65)36(47)26(3)4/h21,24-26,28-34,36,58H,5-20,22-23,45-47H2,1-4H3,(H,48,50)(H,49,60)(H,51,64)(H,52,63)(H,53,65)(H,54,62)(H,55,61)(H,67,68)/t28-,29-,30-,31-,32-,33-,34-,36-/m0/s1. The monoisotopic (exact) mass is 962 g/mol. The molecule has 0 unspecified atom stereocenters. The number of aliphatic carboxylic acids is 1. The van der Waals surface area contributed by atoms with Crippen LogP contribution in [-0.4, -0.2) is 171 Å². The molecule has 2 fully saturated rings. The number of carbonyl (C=O) groups excluding carboxylic acids is 8. The number of likely N-dealkylation sites (tertiary alicyclic amines) is 2. The van der Waals surface area contributed by atoms with Gasteiger partial charge >= 0.3 is 5.97 Å². The Morgan fingerprint density at radius 1 is 0.721 bits per heavy atom. The van der Waals surface area contributed by atoms with E-state index in [0.717, 1.165) is 0 Å². The number of H-pyrrole nitrogens is 1. The van der Waals surface area contributed by atoms with E-state index in [1.54, 1.807) is 27.7 Å². The fraction of sp³-hybridized carbons (Fsp3) is 0.727. The number of aromatic nitrogens is 2. The van der Waals surface area contributed by atoms with Gasteiger partial charge in [-0.3, -0.25) is 38.4 Å². The highest BCUT2D eigenvalue weighted by Gasteiger charge is 2.41. The highest BCUT2D eigenvalue weighted by atomic mass is 16.4. The molecule has 24 heteroatoms. The number of imidazole rings is 1. The van der Waals surface area contributed by atoms with E-state index in [1.165, 1.54) is 22.3 Å². The van der Waals surface area contributed by atoms with Crippen molar-refractivity contribution in [2.75, 3.05) is 39.3 Å². The highest BCUT2D eigenvalue weighted by molar-refractivity contribution is 5.97. The van der Waals surface area contributed by atoms with Crippen LogP contribution in [0.1, 0.15) is 104 Å². The van der Waals surface area contributed by atoms with E-state index in [4.69, 9.17) is 17.2 Å². The highest BCUT2D eigenvalue weighted by Crippen LogP contribution is 2.21. The van der Waals surface area contributed by atoms with Gasteiger partial charge in [-0.1, -0.05) is 27.7 Å². The smallest absolute Gasteiger partial charge is 0.326 e. The third-order valence-electron chi connectivity index (χ3n) is 12.0. The van der Waals surface area contributed by atoms with Gasteiger partial charge in [-0.05, 0) is 95.6 Å². The van der Waals surface area contributed by atoms with Gasteiger partial charge in [-0.25, -0.2) is 9.78 Å². The number of nitrogens with one attached hydrogen (secondary N) is 7. The van der Waals surface area contributed by atoms with Crippen LogP contribution in [0.25, 0.3) is 0 Å². The number of unbranched alkanes of at least 4 members (excludes halogenated alkanes) is 2. The zero-order valence-corrected chi connectivity index (χ0v) is 39.8. The minimum atomic E-state index is -1.53. The molecule has 8 amide bonds. The molecular weight excluding hydrogens is 887 g/mol. The van der Waals surface area contributed by atoms with Gasteiger partial charge in [0.1, 0.15) is 42.3 Å². The molecule has 0 bridgehead atoms. The van der Waals surface area contributed by atoms with E-state index in [2.05, 4.69) is 41.9 Å². The van der Waals surface area contributed by atoms with Crippen molar-refractivity contribution in [1.29, 1.82) is 0 Å². The van der Waals surface area contributed by atoms with Gasteiger partial charge in [0.25, 0.3) is 0 Å². The van der Waals surface area contributed by atoms with Crippen LogP contribution < -0.4 is 49.1 Å². The first-order chi connectivity index (χ1) is 32.3. The summed E-state index contributed by atoms with van der Waals surface area (Å²) in [5, 5.41) is 35.0. The molecule has 0 radical (unpaired) electrons. The first-order valence-corrected chi connectivity index (χ1v) is 23.7. The Morgan fingerprint density at radius 2 is 1.25 bits per heavy atom. The second-order valence-electron chi connectivity index (χ2n) is 18.2. The number of nitrogens with two attached hydrogens (primary N) is 3. The van der Waals surface area contributed by atoms with E-state index in [0.29, 0.717) is 63.7 Å². The molecule has 68 heavy (non-hydrogen) atoms. The molecule has 0 saturated carbocycles. The Labute approximate surface area is 397 Å². The molecule has 0 aromatic carbocycles. The molecule has 8 atom stereocenters. The molecule has 24 nitrogen and oxygen atoms in total. The van der Waals surface area contributed by atoms with E-state index < -0.39 is 115 Å². The third-order valence-corrected chi connectivity index (χ3v) is 12.0. The summed E-state index contributed by atoms with van der Waals surface area (Å²) in [4.78, 5) is 130. The number of rotatable bonds is 29. The lowest BCUT2D eigenvalue weighted by Gasteiger charge is -2.30. The number of carbonyl (C=O) groups is 9. The molecule has 0 aliphatic carbocycles. The second-order valence-corrected chi connectivity index (χ2v) is 18.2. The van der Waals surface area contributed by atoms with Crippen molar-refractivity contribution in [3.63, 3.8) is 0 Å². The minimum absolute atomic E-state index is 0.0599. The average Bonchev–Trinajstić information content (AvgIpc) is 4.11. The largest absolute Gasteiger partial charge is 0.480 e. The summed E-state index contributed by atoms with van der Waals surface area (Å²) in [5.74, 6) is -6.88. The normalized spacial score (nSPS) is 18.5. The average molecular weight is 962 g/mol. The fourth-order valence-electron chi connectivity index (χ4n) is 8.11. The summed E-state index contributed by atoms with van der Waals surface area (Å²) in [7, 11) is 0. The van der Waals surface area contributed by atoms with E-state index in [1.807, 2.05) is 0 Å². The SMILES string of the molecule is CC(C)C[C@H](NC(=O)[C@H](CO)NC(=O)[C@H](CCCCN)NC(=O)[C@@H]1CCCN1C(=O)CNC(=O)[C@H](CCCCN)NC(=O)[C@@H]1CCCN1C(=O)[C@H](Cc1cnc[nH]1)NC(=O)[C@@H](N)C(C)C)C(=O)O. The van der Waals surface area contributed by atoms with Gasteiger partial charge < -0.3 is 74.1 Å². The number of amides is 8. The van der Waals surface area contributed by atoms with Crippen molar-refractivity contribution >= 4 is 53.2 Å². The zero-order valence-electron chi connectivity index (χ0n) is 39.8. The predicted octanol–water partition coefficient (Wildman–Crippen LogP) is -3.16. The third kappa shape index (κ3) is 17.4. The molecule has 2 aliphatic rings. The second kappa shape index (κ2) is 28.6. The van der Waals surface area contributed by atoms with Gasteiger partial charge in [0.2, 0.25) is 47.3 Å². The van der Waals surface area contributed by atoms with Gasteiger partial charge in [-0.2, -0.15) is 0 Å². The van der Waals surface area contributed by atoms with E-state index in [9.17, 15) is 53.4 Å². The van der Waals surface area contributed by atoms with Crippen LogP contribution >= 0.6 is 0 Å². The molecule has 1 aromatic rings. The number of carboxylic acids is 1. The van der Waals surface area contributed by atoms with Crippen LogP contribution in [-0.2, 0) is 49.6 Å². The van der Waals surface area contributed by atoms with E-state index in [-0.39, 0.29) is 57.0 Å². The predicted molar refractivity (Wildman–Crippen MR) is 247 cm³/mol. The lowest BCUT2D eigenvalue weighted by atomic mass is 10.0. The Balaban J connectivity index is 1.69. The quantitative estimate of drug-likeness (QED) is 0.0353. The van der Waals surface area contributed by atoms with Gasteiger partial charge in [0.05, 0.1) is 25.5 Å². The van der Waals surface area contributed by atoms with Crippen LogP contribution in [0.5, 0.6) is 0 Å². The first-order valence-electron chi connectivity index (χ1n) is 23.7. The maximum Gasteiger partial charge on any atom is 0.326 e. The Bertz CT molecular complexity index is 1850. The molecular formula is C44H75N13O11. The lowest BCUT2D eigenvalue weighted by Crippen LogP contribution is -2.59. The van der Waals surface area contributed by atoms with Crippen molar-refractivity contribution in [1.82, 2.24) is 51.7 Å². The lowest BCUT2D eigenvalue weighted by molar-refractivity contribution is -0.143. The van der Waals surface area contributed by atoms with Crippen molar-refractivity contribution < 1.29 is 53.4 Å². The molecule has 1 aromatic heterocycles. The van der Waals surface area contributed by atoms with Crippen molar-refractivity contribution in [3.8, 4) is 0 Å². The number of hydrogen-bond donors (Lipinski definition) is 12. The van der Waals surface area contributed by atoms with Gasteiger partial charge in [0, 0.05) is 31.4 Å². The van der Waals surface area contributed by atoms with Crippen LogP contribution in [0.15, 0.2) is 12.5 Å².